The number of hydrogen-bond acceptors (Lipinski definition) is 4. The standard InChI is InChI=1S/C13H18N2O3/c1-17-11-6-2-5-10(14)12(11)13(16)15-8-9-4-3-7-18-9/h2,5-6,9H,3-4,7-8,14H2,1H3,(H,15,16). The minimum atomic E-state index is -0.222. The van der Waals surface area contributed by atoms with Crippen LogP contribution in [0.25, 0.3) is 0 Å². The number of benzene rings is 1. The molecule has 1 amide bonds. The summed E-state index contributed by atoms with van der Waals surface area (Å²) in [5.41, 5.74) is 6.61. The molecule has 0 aliphatic carbocycles. The van der Waals surface area contributed by atoms with Gasteiger partial charge in [0.15, 0.2) is 0 Å². The molecule has 1 fully saturated rings. The van der Waals surface area contributed by atoms with Crippen LogP contribution in [0.1, 0.15) is 23.2 Å². The molecule has 0 saturated carbocycles. The Bertz CT molecular complexity index is 428. The highest BCUT2D eigenvalue weighted by Crippen LogP contribution is 2.23. The van der Waals surface area contributed by atoms with E-state index in [1.54, 1.807) is 18.2 Å². The van der Waals surface area contributed by atoms with Crippen molar-refractivity contribution in [3.05, 3.63) is 23.8 Å². The molecule has 3 N–H and O–H groups in total. The number of carbonyl (C=O) groups excluding carboxylic acids is 1. The Morgan fingerprint density at radius 1 is 1.61 bits per heavy atom. The largest absolute Gasteiger partial charge is 0.496 e. The summed E-state index contributed by atoms with van der Waals surface area (Å²) in [6.45, 7) is 1.29. The van der Waals surface area contributed by atoms with Gasteiger partial charge in [-0.25, -0.2) is 0 Å². The van der Waals surface area contributed by atoms with Gasteiger partial charge < -0.3 is 20.5 Å². The number of nitrogens with one attached hydrogen (secondary N) is 1. The lowest BCUT2D eigenvalue weighted by atomic mass is 10.1. The molecule has 1 heterocycles. The number of amides is 1. The number of nitrogens with two attached hydrogens (primary N) is 1. The topological polar surface area (TPSA) is 73.6 Å². The predicted molar refractivity (Wildman–Crippen MR) is 68.7 cm³/mol. The SMILES string of the molecule is COc1cccc(N)c1C(=O)NCC1CCCO1. The maximum atomic E-state index is 12.1. The van der Waals surface area contributed by atoms with Crippen LogP contribution in [0.2, 0.25) is 0 Å². The fraction of sp³-hybridized carbons (Fsp3) is 0.462. The number of hydrogen-bond donors (Lipinski definition) is 2. The molecule has 1 atom stereocenters. The fourth-order valence-corrected chi connectivity index (χ4v) is 2.06. The minimum Gasteiger partial charge on any atom is -0.496 e. The molecule has 5 nitrogen and oxygen atoms in total. The summed E-state index contributed by atoms with van der Waals surface area (Å²) in [6, 6.07) is 5.16. The molecule has 1 unspecified atom stereocenters. The maximum Gasteiger partial charge on any atom is 0.257 e. The third-order valence-corrected chi connectivity index (χ3v) is 3.02. The second-order valence-electron chi connectivity index (χ2n) is 4.27. The molecule has 1 aromatic carbocycles. The van der Waals surface area contributed by atoms with Crippen molar-refractivity contribution in [1.29, 1.82) is 0 Å². The van der Waals surface area contributed by atoms with Gasteiger partial charge in [-0.05, 0) is 25.0 Å². The lowest BCUT2D eigenvalue weighted by molar-refractivity contribution is 0.0856. The van der Waals surface area contributed by atoms with Gasteiger partial charge in [0.05, 0.1) is 13.2 Å². The highest BCUT2D eigenvalue weighted by atomic mass is 16.5. The van der Waals surface area contributed by atoms with Crippen molar-refractivity contribution in [3.8, 4) is 5.75 Å². The Hall–Kier alpha value is -1.75. The Balaban J connectivity index is 2.03. The minimum absolute atomic E-state index is 0.116. The van der Waals surface area contributed by atoms with Crippen LogP contribution in [0, 0.1) is 0 Å². The normalized spacial score (nSPS) is 18.6. The second-order valence-corrected chi connectivity index (χ2v) is 4.27. The first-order chi connectivity index (χ1) is 8.72. The number of carbonyl (C=O) groups is 1. The van der Waals surface area contributed by atoms with E-state index in [1.165, 1.54) is 7.11 Å². The van der Waals surface area contributed by atoms with Crippen molar-refractivity contribution in [1.82, 2.24) is 5.32 Å². The van der Waals surface area contributed by atoms with Crippen molar-refractivity contribution < 1.29 is 14.3 Å². The molecule has 1 aromatic rings. The van der Waals surface area contributed by atoms with E-state index in [2.05, 4.69) is 5.32 Å². The monoisotopic (exact) mass is 250 g/mol. The lowest BCUT2D eigenvalue weighted by Gasteiger charge is -2.14. The van der Waals surface area contributed by atoms with Crippen molar-refractivity contribution in [2.75, 3.05) is 26.0 Å². The summed E-state index contributed by atoms with van der Waals surface area (Å²) in [5.74, 6) is 0.264. The van der Waals surface area contributed by atoms with E-state index in [1.807, 2.05) is 0 Å². The number of rotatable bonds is 4. The number of anilines is 1. The zero-order valence-corrected chi connectivity index (χ0v) is 10.4. The van der Waals surface area contributed by atoms with Gasteiger partial charge in [-0.15, -0.1) is 0 Å². The Kier molecular flexibility index (Phi) is 4.04. The first-order valence-corrected chi connectivity index (χ1v) is 6.04. The van der Waals surface area contributed by atoms with E-state index >= 15 is 0 Å². The van der Waals surface area contributed by atoms with Crippen molar-refractivity contribution in [2.45, 2.75) is 18.9 Å². The van der Waals surface area contributed by atoms with Crippen LogP contribution in [0.15, 0.2) is 18.2 Å². The summed E-state index contributed by atoms with van der Waals surface area (Å²) in [7, 11) is 1.52. The van der Waals surface area contributed by atoms with E-state index in [9.17, 15) is 4.79 Å². The zero-order valence-electron chi connectivity index (χ0n) is 10.4. The molecule has 1 aliphatic heterocycles. The number of methoxy groups -OCH3 is 1. The van der Waals surface area contributed by atoms with Gasteiger partial charge in [-0.1, -0.05) is 6.07 Å². The summed E-state index contributed by atoms with van der Waals surface area (Å²) in [6.07, 6.45) is 2.16. The van der Waals surface area contributed by atoms with Crippen LogP contribution in [0.5, 0.6) is 5.75 Å². The van der Waals surface area contributed by atoms with Crippen LogP contribution < -0.4 is 15.8 Å². The van der Waals surface area contributed by atoms with Gasteiger partial charge in [0.25, 0.3) is 5.91 Å². The van der Waals surface area contributed by atoms with Gasteiger partial charge in [-0.2, -0.15) is 0 Å². The quantitative estimate of drug-likeness (QED) is 0.787. The van der Waals surface area contributed by atoms with Gasteiger partial charge in [0.1, 0.15) is 11.3 Å². The summed E-state index contributed by atoms with van der Waals surface area (Å²) in [5, 5.41) is 2.83. The van der Waals surface area contributed by atoms with Crippen LogP contribution in [-0.2, 0) is 4.74 Å². The molecule has 0 aromatic heterocycles. The average Bonchev–Trinajstić information content (AvgIpc) is 2.88. The molecule has 0 spiro atoms. The fourth-order valence-electron chi connectivity index (χ4n) is 2.06. The van der Waals surface area contributed by atoms with Gasteiger partial charge >= 0.3 is 0 Å². The van der Waals surface area contributed by atoms with Crippen LogP contribution in [-0.4, -0.2) is 32.3 Å². The highest BCUT2D eigenvalue weighted by Gasteiger charge is 2.19. The molecule has 5 heteroatoms. The maximum absolute atomic E-state index is 12.1. The first kappa shape index (κ1) is 12.7. The molecular formula is C13H18N2O3. The molecule has 18 heavy (non-hydrogen) atoms. The zero-order chi connectivity index (χ0) is 13.0. The van der Waals surface area contributed by atoms with Gasteiger partial charge in [0, 0.05) is 18.8 Å². The number of ether oxygens (including phenoxy) is 2. The van der Waals surface area contributed by atoms with E-state index in [0.717, 1.165) is 19.4 Å². The van der Waals surface area contributed by atoms with E-state index < -0.39 is 0 Å². The van der Waals surface area contributed by atoms with Crippen molar-refractivity contribution in [2.24, 2.45) is 0 Å². The highest BCUT2D eigenvalue weighted by molar-refractivity contribution is 6.01. The summed E-state index contributed by atoms with van der Waals surface area (Å²) < 4.78 is 10.6. The molecule has 0 radical (unpaired) electrons. The smallest absolute Gasteiger partial charge is 0.257 e. The number of nitrogen functional groups attached to an aromatic ring is 1. The molecule has 2 rings (SSSR count). The van der Waals surface area contributed by atoms with Crippen molar-refractivity contribution in [3.63, 3.8) is 0 Å². The summed E-state index contributed by atoms with van der Waals surface area (Å²) >= 11 is 0. The summed E-state index contributed by atoms with van der Waals surface area (Å²) in [4.78, 5) is 12.1. The van der Waals surface area contributed by atoms with Crippen LogP contribution in [0.3, 0.4) is 0 Å². The Labute approximate surface area is 106 Å². The molecule has 0 bridgehead atoms. The van der Waals surface area contributed by atoms with E-state index in [-0.39, 0.29) is 12.0 Å². The van der Waals surface area contributed by atoms with Crippen LogP contribution >= 0.6 is 0 Å². The first-order valence-electron chi connectivity index (χ1n) is 6.04. The average molecular weight is 250 g/mol. The van der Waals surface area contributed by atoms with Gasteiger partial charge in [-0.3, -0.25) is 4.79 Å². The Morgan fingerprint density at radius 3 is 3.11 bits per heavy atom. The van der Waals surface area contributed by atoms with Crippen LogP contribution in [0.4, 0.5) is 5.69 Å². The van der Waals surface area contributed by atoms with Gasteiger partial charge in [0.2, 0.25) is 0 Å². The molecular weight excluding hydrogens is 232 g/mol. The predicted octanol–water partition coefficient (Wildman–Crippen LogP) is 1.19. The molecule has 1 aliphatic rings. The molecule has 98 valence electrons. The third kappa shape index (κ3) is 2.73. The van der Waals surface area contributed by atoms with E-state index in [0.29, 0.717) is 23.5 Å². The van der Waals surface area contributed by atoms with Crippen molar-refractivity contribution >= 4 is 11.6 Å². The lowest BCUT2D eigenvalue weighted by Crippen LogP contribution is -2.32. The third-order valence-electron chi connectivity index (χ3n) is 3.02. The second kappa shape index (κ2) is 5.73. The Morgan fingerprint density at radius 2 is 2.44 bits per heavy atom. The molecule has 1 saturated heterocycles. The van der Waals surface area contributed by atoms with E-state index in [4.69, 9.17) is 15.2 Å².